The molecule has 0 atom stereocenters. The number of hydrogen-bond donors (Lipinski definition) is 1. The number of anilines is 1. The highest BCUT2D eigenvalue weighted by Crippen LogP contribution is 2.25. The lowest BCUT2D eigenvalue weighted by Crippen LogP contribution is -2.13. The summed E-state index contributed by atoms with van der Waals surface area (Å²) in [5.74, 6) is 0.379. The minimum absolute atomic E-state index is 0.233. The maximum absolute atomic E-state index is 12.5. The van der Waals surface area contributed by atoms with E-state index in [9.17, 15) is 4.79 Å². The van der Waals surface area contributed by atoms with Crippen LogP contribution in [0.2, 0.25) is 0 Å². The number of carbonyl (C=O) groups is 1. The van der Waals surface area contributed by atoms with Crippen molar-refractivity contribution in [2.75, 3.05) is 12.4 Å². The van der Waals surface area contributed by atoms with Crippen molar-refractivity contribution in [2.45, 2.75) is 6.92 Å². The van der Waals surface area contributed by atoms with E-state index in [2.05, 4.69) is 20.8 Å². The van der Waals surface area contributed by atoms with Crippen molar-refractivity contribution in [3.8, 4) is 11.4 Å². The number of aromatic nitrogens is 4. The highest BCUT2D eigenvalue weighted by molar-refractivity contribution is 6.05. The summed E-state index contributed by atoms with van der Waals surface area (Å²) in [6.07, 6.45) is 1.47. The zero-order valence-electron chi connectivity index (χ0n) is 12.7. The van der Waals surface area contributed by atoms with Crippen LogP contribution in [0.25, 0.3) is 5.69 Å². The quantitative estimate of drug-likeness (QED) is 0.799. The van der Waals surface area contributed by atoms with Crippen molar-refractivity contribution in [2.24, 2.45) is 0 Å². The molecule has 2 aromatic carbocycles. The number of benzene rings is 2. The lowest BCUT2D eigenvalue weighted by atomic mass is 10.1. The van der Waals surface area contributed by atoms with E-state index in [4.69, 9.17) is 4.74 Å². The van der Waals surface area contributed by atoms with Crippen LogP contribution in [0, 0.1) is 6.92 Å². The minimum atomic E-state index is -0.233. The molecular weight excluding hydrogens is 294 g/mol. The summed E-state index contributed by atoms with van der Waals surface area (Å²) in [7, 11) is 1.57. The molecule has 0 aliphatic carbocycles. The molecule has 0 spiro atoms. The molecule has 1 aromatic heterocycles. The Morgan fingerprint density at radius 1 is 1.22 bits per heavy atom. The SMILES string of the molecule is COc1ccc(C)cc1NC(=O)c1cccc(-n2cnnn2)c1. The molecule has 0 aliphatic rings. The van der Waals surface area contributed by atoms with Gasteiger partial charge in [-0.3, -0.25) is 4.79 Å². The first kappa shape index (κ1) is 14.7. The molecule has 7 heteroatoms. The molecule has 1 heterocycles. The lowest BCUT2D eigenvalue weighted by Gasteiger charge is -2.11. The van der Waals surface area contributed by atoms with Gasteiger partial charge >= 0.3 is 0 Å². The topological polar surface area (TPSA) is 81.9 Å². The smallest absolute Gasteiger partial charge is 0.255 e. The van der Waals surface area contributed by atoms with E-state index < -0.39 is 0 Å². The van der Waals surface area contributed by atoms with E-state index in [1.54, 1.807) is 25.3 Å². The molecule has 0 aliphatic heterocycles. The molecule has 3 rings (SSSR count). The fourth-order valence-electron chi connectivity index (χ4n) is 2.18. The highest BCUT2D eigenvalue weighted by Gasteiger charge is 2.11. The molecule has 7 nitrogen and oxygen atoms in total. The number of methoxy groups -OCH3 is 1. The van der Waals surface area contributed by atoms with Crippen molar-refractivity contribution in [3.05, 3.63) is 59.9 Å². The van der Waals surface area contributed by atoms with Gasteiger partial charge in [-0.1, -0.05) is 12.1 Å². The number of amides is 1. The Morgan fingerprint density at radius 2 is 2.09 bits per heavy atom. The van der Waals surface area contributed by atoms with Gasteiger partial charge in [-0.2, -0.15) is 0 Å². The van der Waals surface area contributed by atoms with E-state index in [1.165, 1.54) is 11.0 Å². The molecule has 0 fully saturated rings. The normalized spacial score (nSPS) is 10.3. The van der Waals surface area contributed by atoms with Gasteiger partial charge in [0.1, 0.15) is 12.1 Å². The van der Waals surface area contributed by atoms with Crippen LogP contribution in [0.3, 0.4) is 0 Å². The molecule has 23 heavy (non-hydrogen) atoms. The molecule has 0 bridgehead atoms. The number of ether oxygens (including phenoxy) is 1. The number of nitrogens with zero attached hydrogens (tertiary/aromatic N) is 4. The van der Waals surface area contributed by atoms with Gasteiger partial charge in [-0.15, -0.1) is 5.10 Å². The Morgan fingerprint density at radius 3 is 2.83 bits per heavy atom. The number of tetrazole rings is 1. The molecule has 1 amide bonds. The fourth-order valence-corrected chi connectivity index (χ4v) is 2.18. The summed E-state index contributed by atoms with van der Waals surface area (Å²) < 4.78 is 6.76. The van der Waals surface area contributed by atoms with Crippen LogP contribution in [0.4, 0.5) is 5.69 Å². The Hall–Kier alpha value is -3.22. The lowest BCUT2D eigenvalue weighted by molar-refractivity contribution is 0.102. The third-order valence-electron chi connectivity index (χ3n) is 3.33. The predicted octanol–water partition coefficient (Wildman–Crippen LogP) is 2.23. The third kappa shape index (κ3) is 3.18. The molecule has 3 aromatic rings. The molecule has 0 unspecified atom stereocenters. The average Bonchev–Trinajstić information content (AvgIpc) is 3.10. The van der Waals surface area contributed by atoms with Crippen molar-refractivity contribution >= 4 is 11.6 Å². The third-order valence-corrected chi connectivity index (χ3v) is 3.33. The Bertz CT molecular complexity index is 830. The summed E-state index contributed by atoms with van der Waals surface area (Å²) in [6, 6.07) is 12.6. The van der Waals surface area contributed by atoms with Crippen LogP contribution < -0.4 is 10.1 Å². The van der Waals surface area contributed by atoms with Crippen LogP contribution >= 0.6 is 0 Å². The van der Waals surface area contributed by atoms with E-state index in [0.717, 1.165) is 5.56 Å². The summed E-state index contributed by atoms with van der Waals surface area (Å²) in [5.41, 5.74) is 2.87. The van der Waals surface area contributed by atoms with Crippen LogP contribution in [0.1, 0.15) is 15.9 Å². The van der Waals surface area contributed by atoms with Crippen LogP contribution in [-0.2, 0) is 0 Å². The number of hydrogen-bond acceptors (Lipinski definition) is 5. The molecule has 116 valence electrons. The zero-order valence-corrected chi connectivity index (χ0v) is 12.7. The standard InChI is InChI=1S/C16H15N5O2/c1-11-6-7-15(23-2)14(8-11)18-16(22)12-4-3-5-13(9-12)21-10-17-19-20-21/h3-10H,1-2H3,(H,18,22). The van der Waals surface area contributed by atoms with E-state index in [1.807, 2.05) is 31.2 Å². The monoisotopic (exact) mass is 309 g/mol. The predicted molar refractivity (Wildman–Crippen MR) is 84.8 cm³/mol. The van der Waals surface area contributed by atoms with E-state index in [0.29, 0.717) is 22.7 Å². The molecule has 0 saturated carbocycles. The Balaban J connectivity index is 1.87. The second kappa shape index (κ2) is 6.27. The minimum Gasteiger partial charge on any atom is -0.495 e. The van der Waals surface area contributed by atoms with Crippen LogP contribution in [-0.4, -0.2) is 33.2 Å². The molecular formula is C16H15N5O2. The maximum atomic E-state index is 12.5. The Labute approximate surface area is 132 Å². The van der Waals surface area contributed by atoms with Gasteiger partial charge in [-0.25, -0.2) is 4.68 Å². The molecule has 0 saturated heterocycles. The second-order valence-electron chi connectivity index (χ2n) is 4.96. The van der Waals surface area contributed by atoms with Gasteiger partial charge in [0.25, 0.3) is 5.91 Å². The van der Waals surface area contributed by atoms with Crippen molar-refractivity contribution < 1.29 is 9.53 Å². The first-order valence-corrected chi connectivity index (χ1v) is 6.97. The Kier molecular flexibility index (Phi) is 4.01. The average molecular weight is 309 g/mol. The first-order valence-electron chi connectivity index (χ1n) is 6.97. The van der Waals surface area contributed by atoms with Crippen molar-refractivity contribution in [3.63, 3.8) is 0 Å². The number of carbonyl (C=O) groups excluding carboxylic acids is 1. The summed E-state index contributed by atoms with van der Waals surface area (Å²) >= 11 is 0. The van der Waals surface area contributed by atoms with E-state index >= 15 is 0 Å². The van der Waals surface area contributed by atoms with Gasteiger partial charge in [0.2, 0.25) is 0 Å². The van der Waals surface area contributed by atoms with Gasteiger partial charge in [0, 0.05) is 5.56 Å². The van der Waals surface area contributed by atoms with Gasteiger partial charge < -0.3 is 10.1 Å². The fraction of sp³-hybridized carbons (Fsp3) is 0.125. The number of nitrogens with one attached hydrogen (secondary N) is 1. The second-order valence-corrected chi connectivity index (χ2v) is 4.96. The van der Waals surface area contributed by atoms with Crippen LogP contribution in [0.5, 0.6) is 5.75 Å². The zero-order chi connectivity index (χ0) is 16.2. The number of rotatable bonds is 4. The van der Waals surface area contributed by atoms with Gasteiger partial charge in [0.05, 0.1) is 18.5 Å². The van der Waals surface area contributed by atoms with Crippen molar-refractivity contribution in [1.82, 2.24) is 20.2 Å². The van der Waals surface area contributed by atoms with Crippen LogP contribution in [0.15, 0.2) is 48.8 Å². The van der Waals surface area contributed by atoms with E-state index in [-0.39, 0.29) is 5.91 Å². The summed E-state index contributed by atoms with van der Waals surface area (Å²) in [5, 5.41) is 13.9. The molecule has 1 N–H and O–H groups in total. The summed E-state index contributed by atoms with van der Waals surface area (Å²) in [6.45, 7) is 1.95. The largest absolute Gasteiger partial charge is 0.495 e. The van der Waals surface area contributed by atoms with Crippen molar-refractivity contribution in [1.29, 1.82) is 0 Å². The van der Waals surface area contributed by atoms with Gasteiger partial charge in [0.15, 0.2) is 0 Å². The van der Waals surface area contributed by atoms with Gasteiger partial charge in [-0.05, 0) is 53.2 Å². The molecule has 0 radical (unpaired) electrons. The first-order chi connectivity index (χ1) is 11.2. The summed E-state index contributed by atoms with van der Waals surface area (Å²) in [4.78, 5) is 12.5. The maximum Gasteiger partial charge on any atom is 0.255 e. The highest BCUT2D eigenvalue weighted by atomic mass is 16.5. The number of aryl methyl sites for hydroxylation is 1.